The zero-order valence-electron chi connectivity index (χ0n) is 39.5. The Balaban J connectivity index is 1.94. The number of amides is 4. The van der Waals surface area contributed by atoms with Gasteiger partial charge in [0.2, 0.25) is 0 Å². The highest BCUT2D eigenvalue weighted by Gasteiger charge is 2.41. The largest absolute Gasteiger partial charge is 0.480 e. The maximum atomic E-state index is 13.1. The second kappa shape index (κ2) is 26.0. The highest BCUT2D eigenvalue weighted by molar-refractivity contribution is 6.02. The van der Waals surface area contributed by atoms with Crippen molar-refractivity contribution in [3.8, 4) is 0 Å². The van der Waals surface area contributed by atoms with Gasteiger partial charge >= 0.3 is 35.9 Å². The molecule has 0 aliphatic heterocycles. The van der Waals surface area contributed by atoms with Gasteiger partial charge in [-0.2, -0.15) is 0 Å². The summed E-state index contributed by atoms with van der Waals surface area (Å²) in [6.45, 7) is 16.9. The van der Waals surface area contributed by atoms with Gasteiger partial charge in [-0.15, -0.1) is 0 Å². The topological polar surface area (TPSA) is 244 Å². The zero-order valence-corrected chi connectivity index (χ0v) is 39.5. The summed E-state index contributed by atoms with van der Waals surface area (Å²) in [6, 6.07) is -1.68. The number of carbonyl (C=O) groups is 8. The highest BCUT2D eigenvalue weighted by Crippen LogP contribution is 2.42. The number of urea groups is 2. The quantitative estimate of drug-likeness (QED) is 0.0547. The Hall–Kier alpha value is -7.10. The van der Waals surface area contributed by atoms with Crippen LogP contribution < -0.4 is 21.3 Å². The Morgan fingerprint density at radius 2 is 0.833 bits per heavy atom. The number of ketones is 2. The molecule has 2 atom stereocenters. The van der Waals surface area contributed by atoms with Gasteiger partial charge in [0, 0.05) is 12.8 Å². The number of rotatable bonds is 20. The fraction of sp³-hybridized carbons (Fsp3) is 0.400. The van der Waals surface area contributed by atoms with Gasteiger partial charge < -0.3 is 41.0 Å². The molecule has 2 aliphatic rings. The Morgan fingerprint density at radius 1 is 0.530 bits per heavy atom. The van der Waals surface area contributed by atoms with E-state index in [9.17, 15) is 38.4 Å². The van der Waals surface area contributed by atoms with Crippen molar-refractivity contribution in [3.05, 3.63) is 130 Å². The monoisotopic (exact) mass is 912 g/mol. The predicted octanol–water partition coefficient (Wildman–Crippen LogP) is 6.77. The number of aliphatic carboxylic acids is 2. The van der Waals surface area contributed by atoms with Crippen LogP contribution in [0.15, 0.2) is 130 Å². The molecule has 2 rings (SSSR count). The maximum Gasteiger partial charge on any atom is 0.326 e. The summed E-state index contributed by atoms with van der Waals surface area (Å²) >= 11 is 0. The third-order valence-electron chi connectivity index (χ3n) is 10.4. The normalized spacial score (nSPS) is 19.6. The molecule has 16 heteroatoms. The third-order valence-corrected chi connectivity index (χ3v) is 10.4. The summed E-state index contributed by atoms with van der Waals surface area (Å²) < 4.78 is 10.8. The number of hydrogen-bond acceptors (Lipinski definition) is 10. The lowest BCUT2D eigenvalue weighted by Crippen LogP contribution is -2.43. The van der Waals surface area contributed by atoms with Crippen molar-refractivity contribution in [3.63, 3.8) is 0 Å². The van der Waals surface area contributed by atoms with Gasteiger partial charge in [-0.05, 0) is 74.7 Å². The van der Waals surface area contributed by atoms with E-state index in [-0.39, 0.29) is 24.4 Å². The highest BCUT2D eigenvalue weighted by atomic mass is 16.6. The number of hydrogen-bond donors (Lipinski definition) is 6. The van der Waals surface area contributed by atoms with Gasteiger partial charge in [0.1, 0.15) is 26.2 Å². The third kappa shape index (κ3) is 19.3. The summed E-state index contributed by atoms with van der Waals surface area (Å²) in [5.74, 6) is -4.72. The minimum absolute atomic E-state index is 0.252. The average Bonchev–Trinajstić information content (AvgIpc) is 3.22. The summed E-state index contributed by atoms with van der Waals surface area (Å²) in [5.41, 5.74) is 5.59. The molecular formula is C50H64N4O12. The number of esters is 2. The average molecular weight is 913 g/mol. The van der Waals surface area contributed by atoms with E-state index in [2.05, 4.69) is 21.3 Å². The lowest BCUT2D eigenvalue weighted by atomic mass is 9.71. The molecule has 0 saturated heterocycles. The summed E-state index contributed by atoms with van der Waals surface area (Å²) in [4.78, 5) is 95.4. The van der Waals surface area contributed by atoms with Crippen molar-refractivity contribution in [1.29, 1.82) is 0 Å². The molecule has 2 unspecified atom stereocenters. The first-order chi connectivity index (χ1) is 30.8. The number of ether oxygens (including phenoxy) is 2. The molecule has 0 fully saturated rings. The van der Waals surface area contributed by atoms with Crippen LogP contribution in [0.25, 0.3) is 0 Å². The number of allylic oxidation sites excluding steroid dienone is 20. The second-order valence-electron chi connectivity index (χ2n) is 17.2. The summed E-state index contributed by atoms with van der Waals surface area (Å²) in [7, 11) is 0. The zero-order chi connectivity index (χ0) is 49.8. The van der Waals surface area contributed by atoms with Crippen molar-refractivity contribution in [2.45, 2.75) is 94.3 Å². The van der Waals surface area contributed by atoms with Crippen molar-refractivity contribution < 1.29 is 58.0 Å². The van der Waals surface area contributed by atoms with Crippen LogP contribution in [0.5, 0.6) is 0 Å². The number of Topliss-reactive ketones (excluding diaryl/α,β-unsaturated/α-hetero) is 2. The van der Waals surface area contributed by atoms with Crippen LogP contribution in [0.1, 0.15) is 82.1 Å². The van der Waals surface area contributed by atoms with Crippen molar-refractivity contribution in [2.75, 3.05) is 26.2 Å². The lowest BCUT2D eigenvalue weighted by Gasteiger charge is -2.36. The van der Waals surface area contributed by atoms with Gasteiger partial charge in [0.25, 0.3) is 0 Å². The smallest absolute Gasteiger partial charge is 0.326 e. The van der Waals surface area contributed by atoms with Crippen LogP contribution in [0.4, 0.5) is 9.59 Å². The van der Waals surface area contributed by atoms with Crippen molar-refractivity contribution >= 4 is 47.5 Å². The molecule has 0 aromatic rings. The molecular weight excluding hydrogens is 849 g/mol. The number of carboxylic acid groups (broad SMARTS) is 2. The maximum absolute atomic E-state index is 13.1. The van der Waals surface area contributed by atoms with Crippen LogP contribution in [0.2, 0.25) is 0 Å². The molecule has 0 aromatic carbocycles. The Labute approximate surface area is 386 Å². The van der Waals surface area contributed by atoms with Crippen LogP contribution in [-0.4, -0.2) is 96.1 Å². The van der Waals surface area contributed by atoms with Crippen LogP contribution in [-0.2, 0) is 38.2 Å². The summed E-state index contributed by atoms with van der Waals surface area (Å²) in [5, 5.41) is 25.9. The minimum atomic E-state index is -1.23. The first-order valence-corrected chi connectivity index (χ1v) is 21.3. The van der Waals surface area contributed by atoms with E-state index >= 15 is 0 Å². The van der Waals surface area contributed by atoms with Gasteiger partial charge in [-0.25, -0.2) is 9.59 Å². The summed E-state index contributed by atoms with van der Waals surface area (Å²) in [6.07, 6.45) is 25.8. The fourth-order valence-electron chi connectivity index (χ4n) is 6.90. The SMILES string of the molecule is CC(C=CC=C(C)C=CC1=C(C)C(=O)C(OC(=O)CNC(=O)NCC(=O)O)CC1(C)C)=CC=CC=C(C)C=CC=C(C)C=CC1=C(C)C(=O)C(OC(=O)CNC(=O)NCC(=O)O)CC1(C)C. The fourth-order valence-corrected chi connectivity index (χ4v) is 6.90. The molecule has 0 radical (unpaired) electrons. The van der Waals surface area contributed by atoms with E-state index in [1.165, 1.54) is 0 Å². The molecule has 6 N–H and O–H groups in total. The number of carbonyl (C=O) groups excluding carboxylic acids is 6. The van der Waals surface area contributed by atoms with E-state index in [1.54, 1.807) is 13.8 Å². The first-order valence-electron chi connectivity index (χ1n) is 21.3. The molecule has 66 heavy (non-hydrogen) atoms. The molecule has 4 amide bonds. The molecule has 0 aromatic heterocycles. The van der Waals surface area contributed by atoms with Crippen LogP contribution in [0, 0.1) is 10.8 Å². The van der Waals surface area contributed by atoms with E-state index in [4.69, 9.17) is 19.7 Å². The predicted molar refractivity (Wildman–Crippen MR) is 251 cm³/mol. The van der Waals surface area contributed by atoms with Gasteiger partial charge in [0.15, 0.2) is 23.8 Å². The molecule has 16 nitrogen and oxygen atoms in total. The molecule has 0 saturated carbocycles. The number of carboxylic acids is 2. The Kier molecular flexibility index (Phi) is 21.7. The van der Waals surface area contributed by atoms with Gasteiger partial charge in [-0.3, -0.25) is 28.8 Å². The second-order valence-corrected chi connectivity index (χ2v) is 17.2. The van der Waals surface area contributed by atoms with Gasteiger partial charge in [0.05, 0.1) is 0 Å². The van der Waals surface area contributed by atoms with Crippen LogP contribution in [0.3, 0.4) is 0 Å². The Bertz CT molecular complexity index is 2100. The van der Waals surface area contributed by atoms with E-state index < -0.39 is 85.2 Å². The van der Waals surface area contributed by atoms with Crippen LogP contribution >= 0.6 is 0 Å². The minimum Gasteiger partial charge on any atom is -0.480 e. The van der Waals surface area contributed by atoms with E-state index in [1.807, 2.05) is 140 Å². The standard InChI is InChI=1S/C50H64N4O12/c1-31(17-13-19-33(3)21-23-37-35(5)45(61)39(25-49(37,7)8)65-43(59)29-53-47(63)51-27-41(55)56)15-11-12-16-32(2)18-14-20-34(4)22-24-38-36(6)46(62)40(26-50(38,9)10)66-44(60)30-54-48(64)52-28-42(57)58/h11-24,39-40H,25-30H2,1-10H3,(H,55,56)(H,57,58)(H2,51,53,63)(H2,52,54,64). The van der Waals surface area contributed by atoms with Crippen molar-refractivity contribution in [1.82, 2.24) is 21.3 Å². The molecule has 0 heterocycles. The lowest BCUT2D eigenvalue weighted by molar-refractivity contribution is -0.155. The molecule has 0 spiro atoms. The van der Waals surface area contributed by atoms with E-state index in [0.717, 1.165) is 33.4 Å². The molecule has 2 aliphatic carbocycles. The number of nitrogens with one attached hydrogen (secondary N) is 4. The van der Waals surface area contributed by atoms with E-state index in [0.29, 0.717) is 11.1 Å². The molecule has 356 valence electrons. The van der Waals surface area contributed by atoms with Crippen molar-refractivity contribution in [2.24, 2.45) is 10.8 Å². The Morgan fingerprint density at radius 3 is 1.17 bits per heavy atom. The van der Waals surface area contributed by atoms with Gasteiger partial charge in [-0.1, -0.05) is 135 Å². The molecule has 0 bridgehead atoms. The first kappa shape index (κ1) is 55.0.